The van der Waals surface area contributed by atoms with Crippen LogP contribution >= 0.6 is 0 Å². The fraction of sp³-hybridized carbons (Fsp3) is 0.263. The summed E-state index contributed by atoms with van der Waals surface area (Å²) in [4.78, 5) is 34.6. The SMILES string of the molecule is CNC(=O)c1cc(C)ccc1NC(=O)COc1ccc(C(C)N=O)cc1. The Balaban J connectivity index is 1.99. The third-order valence-electron chi connectivity index (χ3n) is 3.81. The van der Waals surface area contributed by atoms with Crippen molar-refractivity contribution < 1.29 is 14.3 Å². The first-order valence-corrected chi connectivity index (χ1v) is 8.12. The molecule has 0 radical (unpaired) electrons. The van der Waals surface area contributed by atoms with Crippen LogP contribution in [0.5, 0.6) is 5.75 Å². The molecule has 2 amide bonds. The van der Waals surface area contributed by atoms with Gasteiger partial charge in [-0.1, -0.05) is 28.9 Å². The van der Waals surface area contributed by atoms with Crippen LogP contribution in [0.2, 0.25) is 0 Å². The topological polar surface area (TPSA) is 96.9 Å². The lowest BCUT2D eigenvalue weighted by atomic mass is 10.1. The van der Waals surface area contributed by atoms with Gasteiger partial charge >= 0.3 is 0 Å². The lowest BCUT2D eigenvalue weighted by Gasteiger charge is -2.12. The normalized spacial score (nSPS) is 11.3. The minimum Gasteiger partial charge on any atom is -0.484 e. The van der Waals surface area contributed by atoms with Crippen molar-refractivity contribution in [2.24, 2.45) is 5.18 Å². The predicted octanol–water partition coefficient (Wildman–Crippen LogP) is 3.20. The Morgan fingerprint density at radius 2 is 1.85 bits per heavy atom. The highest BCUT2D eigenvalue weighted by molar-refractivity contribution is 6.04. The number of aryl methyl sites for hydroxylation is 1. The molecule has 0 aliphatic carbocycles. The van der Waals surface area contributed by atoms with E-state index in [-0.39, 0.29) is 18.4 Å². The molecule has 0 saturated carbocycles. The van der Waals surface area contributed by atoms with Crippen molar-refractivity contribution in [2.45, 2.75) is 19.9 Å². The van der Waals surface area contributed by atoms with E-state index in [0.717, 1.165) is 11.1 Å². The molecule has 2 aromatic rings. The minimum absolute atomic E-state index is 0.206. The summed E-state index contributed by atoms with van der Waals surface area (Å²) >= 11 is 0. The molecule has 7 heteroatoms. The first-order chi connectivity index (χ1) is 12.4. The molecule has 0 saturated heterocycles. The van der Waals surface area contributed by atoms with Crippen molar-refractivity contribution in [1.29, 1.82) is 0 Å². The Morgan fingerprint density at radius 3 is 2.46 bits per heavy atom. The monoisotopic (exact) mass is 355 g/mol. The highest BCUT2D eigenvalue weighted by Gasteiger charge is 2.13. The van der Waals surface area contributed by atoms with Crippen LogP contribution in [-0.4, -0.2) is 25.5 Å². The Labute approximate surface area is 151 Å². The first kappa shape index (κ1) is 19.1. The van der Waals surface area contributed by atoms with Crippen molar-refractivity contribution in [3.8, 4) is 5.75 Å². The summed E-state index contributed by atoms with van der Waals surface area (Å²) in [5.74, 6) is -0.165. The number of amides is 2. The molecule has 2 aromatic carbocycles. The van der Waals surface area contributed by atoms with Crippen molar-refractivity contribution in [3.63, 3.8) is 0 Å². The van der Waals surface area contributed by atoms with Gasteiger partial charge in [0, 0.05) is 7.05 Å². The summed E-state index contributed by atoms with van der Waals surface area (Å²) < 4.78 is 5.44. The number of ether oxygens (including phenoxy) is 1. The Morgan fingerprint density at radius 1 is 1.15 bits per heavy atom. The van der Waals surface area contributed by atoms with E-state index in [4.69, 9.17) is 4.74 Å². The van der Waals surface area contributed by atoms with Crippen molar-refractivity contribution in [3.05, 3.63) is 64.1 Å². The lowest BCUT2D eigenvalue weighted by Crippen LogP contribution is -2.24. The van der Waals surface area contributed by atoms with Gasteiger partial charge in [-0.3, -0.25) is 9.59 Å². The van der Waals surface area contributed by atoms with E-state index in [1.807, 2.05) is 13.0 Å². The number of nitrogens with zero attached hydrogens (tertiary/aromatic N) is 1. The van der Waals surface area contributed by atoms with Crippen molar-refractivity contribution in [2.75, 3.05) is 19.0 Å². The molecule has 2 N–H and O–H groups in total. The number of benzene rings is 2. The number of rotatable bonds is 7. The van der Waals surface area contributed by atoms with Gasteiger partial charge in [-0.15, -0.1) is 0 Å². The number of hydrogen-bond acceptors (Lipinski definition) is 5. The van der Waals surface area contributed by atoms with Gasteiger partial charge in [0.2, 0.25) is 0 Å². The fourth-order valence-corrected chi connectivity index (χ4v) is 2.33. The van der Waals surface area contributed by atoms with E-state index in [1.165, 1.54) is 7.05 Å². The van der Waals surface area contributed by atoms with Gasteiger partial charge < -0.3 is 15.4 Å². The standard InChI is InChI=1S/C19H21N3O4/c1-12-4-9-17(16(10-12)19(24)20-3)21-18(23)11-26-15-7-5-14(6-8-15)13(2)22-25/h4-10,13H,11H2,1-3H3,(H,20,24)(H,21,23). The molecule has 1 unspecified atom stereocenters. The zero-order chi connectivity index (χ0) is 19.1. The van der Waals surface area contributed by atoms with E-state index in [1.54, 1.807) is 43.3 Å². The van der Waals surface area contributed by atoms with Crippen LogP contribution in [0.3, 0.4) is 0 Å². The smallest absolute Gasteiger partial charge is 0.262 e. The highest BCUT2D eigenvalue weighted by atomic mass is 16.5. The molecule has 136 valence electrons. The maximum atomic E-state index is 12.1. The van der Waals surface area contributed by atoms with Gasteiger partial charge in [0.15, 0.2) is 6.61 Å². The average Bonchev–Trinajstić information content (AvgIpc) is 2.66. The van der Waals surface area contributed by atoms with Gasteiger partial charge in [0.05, 0.1) is 11.3 Å². The lowest BCUT2D eigenvalue weighted by molar-refractivity contribution is -0.118. The van der Waals surface area contributed by atoms with Gasteiger partial charge in [-0.05, 0) is 43.7 Å². The molecule has 0 heterocycles. The molecule has 1 atom stereocenters. The average molecular weight is 355 g/mol. The van der Waals surface area contributed by atoms with Gasteiger partial charge in [-0.2, -0.15) is 4.91 Å². The van der Waals surface area contributed by atoms with Crippen LogP contribution in [0.1, 0.15) is 34.5 Å². The zero-order valence-electron chi connectivity index (χ0n) is 14.9. The number of hydrogen-bond donors (Lipinski definition) is 2. The van der Waals surface area contributed by atoms with Gasteiger partial charge in [0.1, 0.15) is 11.8 Å². The Kier molecular flexibility index (Phi) is 6.43. The minimum atomic E-state index is -0.433. The maximum absolute atomic E-state index is 12.1. The summed E-state index contributed by atoms with van der Waals surface area (Å²) in [7, 11) is 1.53. The van der Waals surface area contributed by atoms with Crippen LogP contribution in [0, 0.1) is 11.8 Å². The number of nitroso groups, excluding NO2 is 1. The summed E-state index contributed by atoms with van der Waals surface area (Å²) in [6.45, 7) is 3.36. The largest absolute Gasteiger partial charge is 0.484 e. The van der Waals surface area contributed by atoms with Crippen LogP contribution in [0.15, 0.2) is 47.6 Å². The van der Waals surface area contributed by atoms with E-state index in [2.05, 4.69) is 15.8 Å². The predicted molar refractivity (Wildman–Crippen MR) is 99.3 cm³/mol. The molecule has 0 spiro atoms. The Bertz CT molecular complexity index is 803. The Hall–Kier alpha value is -3.22. The van der Waals surface area contributed by atoms with E-state index < -0.39 is 6.04 Å². The number of nitrogens with one attached hydrogen (secondary N) is 2. The van der Waals surface area contributed by atoms with E-state index in [9.17, 15) is 14.5 Å². The summed E-state index contributed by atoms with van der Waals surface area (Å²) in [6.07, 6.45) is 0. The van der Waals surface area contributed by atoms with E-state index in [0.29, 0.717) is 17.0 Å². The molecule has 0 aromatic heterocycles. The molecule has 26 heavy (non-hydrogen) atoms. The molecule has 0 fully saturated rings. The molecule has 0 aliphatic heterocycles. The third-order valence-corrected chi connectivity index (χ3v) is 3.81. The third kappa shape index (κ3) is 4.89. The second kappa shape index (κ2) is 8.75. The molecule has 2 rings (SSSR count). The quantitative estimate of drug-likeness (QED) is 0.745. The number of carbonyl (C=O) groups is 2. The highest BCUT2D eigenvalue weighted by Crippen LogP contribution is 2.20. The van der Waals surface area contributed by atoms with Crippen LogP contribution in [0.4, 0.5) is 5.69 Å². The van der Waals surface area contributed by atoms with Crippen LogP contribution in [-0.2, 0) is 4.79 Å². The van der Waals surface area contributed by atoms with Crippen LogP contribution in [0.25, 0.3) is 0 Å². The second-order valence-corrected chi connectivity index (χ2v) is 5.82. The van der Waals surface area contributed by atoms with Gasteiger partial charge in [-0.25, -0.2) is 0 Å². The summed E-state index contributed by atoms with van der Waals surface area (Å²) in [6, 6.07) is 11.6. The second-order valence-electron chi connectivity index (χ2n) is 5.82. The molecule has 7 nitrogen and oxygen atoms in total. The van der Waals surface area contributed by atoms with Crippen LogP contribution < -0.4 is 15.4 Å². The van der Waals surface area contributed by atoms with Crippen molar-refractivity contribution in [1.82, 2.24) is 5.32 Å². The number of carbonyl (C=O) groups excluding carboxylic acids is 2. The fourth-order valence-electron chi connectivity index (χ4n) is 2.33. The maximum Gasteiger partial charge on any atom is 0.262 e. The molecular weight excluding hydrogens is 334 g/mol. The number of anilines is 1. The zero-order valence-corrected chi connectivity index (χ0v) is 14.9. The summed E-state index contributed by atoms with van der Waals surface area (Å²) in [5, 5.41) is 8.19. The summed E-state index contributed by atoms with van der Waals surface area (Å²) in [5.41, 5.74) is 2.49. The van der Waals surface area contributed by atoms with Crippen molar-refractivity contribution >= 4 is 17.5 Å². The molecule has 0 aliphatic rings. The first-order valence-electron chi connectivity index (χ1n) is 8.12. The molecular formula is C19H21N3O4. The van der Waals surface area contributed by atoms with Gasteiger partial charge in [0.25, 0.3) is 11.8 Å². The van der Waals surface area contributed by atoms with E-state index >= 15 is 0 Å². The molecule has 0 bridgehead atoms.